The Morgan fingerprint density at radius 1 is 1.22 bits per heavy atom. The van der Waals surface area contributed by atoms with Crippen molar-refractivity contribution in [3.8, 4) is 17.2 Å². The number of fused-ring (bicyclic) bond motifs is 1. The second-order valence-corrected chi connectivity index (χ2v) is 7.29. The molecule has 1 aromatic heterocycles. The van der Waals surface area contributed by atoms with Crippen LogP contribution < -0.4 is 14.2 Å². The van der Waals surface area contributed by atoms with Gasteiger partial charge in [0, 0.05) is 6.54 Å². The maximum Gasteiger partial charge on any atom is 0.233 e. The van der Waals surface area contributed by atoms with Gasteiger partial charge in [0.05, 0.1) is 19.7 Å². The molecule has 0 saturated carbocycles. The van der Waals surface area contributed by atoms with Gasteiger partial charge < -0.3 is 23.5 Å². The number of benzene rings is 1. The monoisotopic (exact) mass is 374 g/mol. The summed E-state index contributed by atoms with van der Waals surface area (Å²) in [6, 6.07) is 4.19. The second kappa shape index (κ2) is 7.74. The lowest BCUT2D eigenvalue weighted by molar-refractivity contribution is 0.115. The Morgan fingerprint density at radius 3 is 2.93 bits per heavy atom. The normalized spacial score (nSPS) is 19.6. The smallest absolute Gasteiger partial charge is 0.233 e. The van der Waals surface area contributed by atoms with Crippen LogP contribution in [-0.4, -0.2) is 54.5 Å². The number of nitrogens with zero attached hydrogens (tertiary/aromatic N) is 4. The Hall–Kier alpha value is -2.32. The van der Waals surface area contributed by atoms with Crippen LogP contribution in [0.4, 0.5) is 0 Å². The van der Waals surface area contributed by atoms with Crippen LogP contribution in [0.25, 0.3) is 0 Å². The SMILES string of the molecule is COc1cc(CN2CCCCC2c2nnc(CN(C)C)o2)cc2c1OCO2. The fraction of sp³-hybridized carbons (Fsp3) is 0.579. The van der Waals surface area contributed by atoms with E-state index < -0.39 is 0 Å². The molecule has 0 amide bonds. The van der Waals surface area contributed by atoms with E-state index in [9.17, 15) is 0 Å². The summed E-state index contributed by atoms with van der Waals surface area (Å²) in [5.41, 5.74) is 1.12. The van der Waals surface area contributed by atoms with Gasteiger partial charge in [-0.3, -0.25) is 4.90 Å². The molecule has 1 unspecified atom stereocenters. The van der Waals surface area contributed by atoms with Crippen molar-refractivity contribution >= 4 is 0 Å². The van der Waals surface area contributed by atoms with Crippen molar-refractivity contribution in [3.05, 3.63) is 29.5 Å². The topological polar surface area (TPSA) is 73.1 Å². The molecule has 0 aliphatic carbocycles. The Labute approximate surface area is 159 Å². The van der Waals surface area contributed by atoms with E-state index in [0.29, 0.717) is 29.8 Å². The summed E-state index contributed by atoms with van der Waals surface area (Å²) < 4.78 is 22.5. The van der Waals surface area contributed by atoms with Crippen LogP contribution in [0.5, 0.6) is 17.2 Å². The van der Waals surface area contributed by atoms with E-state index in [1.807, 2.05) is 31.1 Å². The number of hydrogen-bond donors (Lipinski definition) is 0. The van der Waals surface area contributed by atoms with Gasteiger partial charge in [0.15, 0.2) is 11.5 Å². The summed E-state index contributed by atoms with van der Waals surface area (Å²) in [5, 5.41) is 8.53. The Morgan fingerprint density at radius 2 is 2.11 bits per heavy atom. The fourth-order valence-electron chi connectivity index (χ4n) is 3.71. The van der Waals surface area contributed by atoms with E-state index in [2.05, 4.69) is 15.1 Å². The minimum absolute atomic E-state index is 0.138. The Balaban J connectivity index is 1.54. The molecule has 2 aromatic rings. The highest BCUT2D eigenvalue weighted by atomic mass is 16.7. The van der Waals surface area contributed by atoms with E-state index in [1.165, 1.54) is 0 Å². The first-order valence-electron chi connectivity index (χ1n) is 9.31. The number of likely N-dealkylation sites (tertiary alicyclic amines) is 1. The van der Waals surface area contributed by atoms with Crippen LogP contribution in [0.2, 0.25) is 0 Å². The van der Waals surface area contributed by atoms with Gasteiger partial charge in [0.25, 0.3) is 0 Å². The lowest BCUT2D eigenvalue weighted by atomic mass is 10.0. The Kier molecular flexibility index (Phi) is 5.18. The van der Waals surface area contributed by atoms with Crippen LogP contribution in [-0.2, 0) is 13.1 Å². The number of methoxy groups -OCH3 is 1. The molecule has 1 atom stereocenters. The predicted molar refractivity (Wildman–Crippen MR) is 97.8 cm³/mol. The van der Waals surface area contributed by atoms with Gasteiger partial charge in [0.1, 0.15) is 0 Å². The van der Waals surface area contributed by atoms with Crippen LogP contribution in [0.15, 0.2) is 16.5 Å². The summed E-state index contributed by atoms with van der Waals surface area (Å²) in [4.78, 5) is 4.42. The van der Waals surface area contributed by atoms with Gasteiger partial charge in [-0.1, -0.05) is 6.42 Å². The zero-order valence-electron chi connectivity index (χ0n) is 16.1. The third-order valence-electron chi connectivity index (χ3n) is 4.94. The number of rotatable bonds is 6. The van der Waals surface area contributed by atoms with Crippen molar-refractivity contribution in [3.63, 3.8) is 0 Å². The molecule has 0 N–H and O–H groups in total. The predicted octanol–water partition coefficient (Wildman–Crippen LogP) is 2.60. The zero-order chi connectivity index (χ0) is 18.8. The molecule has 4 rings (SSSR count). The lowest BCUT2D eigenvalue weighted by Crippen LogP contribution is -2.33. The fourth-order valence-corrected chi connectivity index (χ4v) is 3.71. The third kappa shape index (κ3) is 3.86. The molecule has 27 heavy (non-hydrogen) atoms. The first-order valence-corrected chi connectivity index (χ1v) is 9.31. The average molecular weight is 374 g/mol. The third-order valence-corrected chi connectivity index (χ3v) is 4.94. The first-order chi connectivity index (χ1) is 13.1. The molecule has 0 spiro atoms. The van der Waals surface area contributed by atoms with Crippen molar-refractivity contribution in [2.45, 2.75) is 38.4 Å². The van der Waals surface area contributed by atoms with Gasteiger partial charge in [0.2, 0.25) is 24.3 Å². The molecule has 146 valence electrons. The van der Waals surface area contributed by atoms with E-state index >= 15 is 0 Å². The van der Waals surface area contributed by atoms with Gasteiger partial charge in [-0.15, -0.1) is 10.2 Å². The molecule has 3 heterocycles. The number of piperidine rings is 1. The van der Waals surface area contributed by atoms with Crippen molar-refractivity contribution in [1.29, 1.82) is 0 Å². The van der Waals surface area contributed by atoms with E-state index in [4.69, 9.17) is 18.6 Å². The van der Waals surface area contributed by atoms with E-state index in [1.54, 1.807) is 7.11 Å². The van der Waals surface area contributed by atoms with Gasteiger partial charge in [-0.05, 0) is 51.2 Å². The summed E-state index contributed by atoms with van der Waals surface area (Å²) in [6.45, 7) is 2.65. The summed E-state index contributed by atoms with van der Waals surface area (Å²) in [6.07, 6.45) is 3.35. The molecule has 1 saturated heterocycles. The molecule has 1 fully saturated rings. The van der Waals surface area contributed by atoms with Gasteiger partial charge in [-0.2, -0.15) is 0 Å². The maximum absolute atomic E-state index is 5.95. The quantitative estimate of drug-likeness (QED) is 0.764. The molecule has 8 nitrogen and oxygen atoms in total. The molecule has 0 radical (unpaired) electrons. The highest BCUT2D eigenvalue weighted by Crippen LogP contribution is 2.42. The molecule has 2 aliphatic heterocycles. The lowest BCUT2D eigenvalue weighted by Gasteiger charge is -2.33. The molecule has 2 aliphatic rings. The van der Waals surface area contributed by atoms with Crippen molar-refractivity contribution in [1.82, 2.24) is 20.0 Å². The van der Waals surface area contributed by atoms with Crippen molar-refractivity contribution in [2.24, 2.45) is 0 Å². The number of ether oxygens (including phenoxy) is 3. The molecule has 0 bridgehead atoms. The summed E-state index contributed by atoms with van der Waals surface area (Å²) >= 11 is 0. The average Bonchev–Trinajstić information content (AvgIpc) is 3.30. The molecule has 8 heteroatoms. The van der Waals surface area contributed by atoms with E-state index in [-0.39, 0.29) is 12.8 Å². The molecule has 1 aromatic carbocycles. The molecular weight excluding hydrogens is 348 g/mol. The largest absolute Gasteiger partial charge is 0.493 e. The molecular formula is C19H26N4O4. The first kappa shape index (κ1) is 18.1. The highest BCUT2D eigenvalue weighted by molar-refractivity contribution is 5.55. The second-order valence-electron chi connectivity index (χ2n) is 7.29. The Bertz CT molecular complexity index is 792. The zero-order valence-corrected chi connectivity index (χ0v) is 16.1. The number of hydrogen-bond acceptors (Lipinski definition) is 8. The van der Waals surface area contributed by atoms with E-state index in [0.717, 1.165) is 43.7 Å². The minimum Gasteiger partial charge on any atom is -0.493 e. The van der Waals surface area contributed by atoms with Crippen LogP contribution in [0, 0.1) is 0 Å². The standard InChI is InChI=1S/C19H26N4O4/c1-22(2)11-17-20-21-19(27-17)14-6-4-5-7-23(14)10-13-8-15(24-3)18-16(9-13)25-12-26-18/h8-9,14H,4-7,10-12H2,1-3H3. The summed E-state index contributed by atoms with van der Waals surface area (Å²) in [5.74, 6) is 3.50. The maximum atomic E-state index is 5.95. The van der Waals surface area contributed by atoms with Crippen LogP contribution >= 0.6 is 0 Å². The van der Waals surface area contributed by atoms with Gasteiger partial charge >= 0.3 is 0 Å². The van der Waals surface area contributed by atoms with Crippen molar-refractivity contribution < 1.29 is 18.6 Å². The van der Waals surface area contributed by atoms with Gasteiger partial charge in [-0.25, -0.2) is 0 Å². The van der Waals surface area contributed by atoms with Crippen LogP contribution in [0.3, 0.4) is 0 Å². The number of aromatic nitrogens is 2. The highest BCUT2D eigenvalue weighted by Gasteiger charge is 2.29. The summed E-state index contributed by atoms with van der Waals surface area (Å²) in [7, 11) is 5.63. The van der Waals surface area contributed by atoms with Crippen LogP contribution in [0.1, 0.15) is 42.6 Å². The minimum atomic E-state index is 0.138. The van der Waals surface area contributed by atoms with Crippen molar-refractivity contribution in [2.75, 3.05) is 34.5 Å².